The molecule has 0 N–H and O–H groups in total. The van der Waals surface area contributed by atoms with Gasteiger partial charge in [-0.25, -0.2) is 0 Å². The van der Waals surface area contributed by atoms with Crippen LogP contribution in [-0.4, -0.2) is 12.1 Å². The van der Waals surface area contributed by atoms with Crippen LogP contribution in [0.5, 0.6) is 0 Å². The number of halogens is 3. The number of carbonyl (C=O) groups is 1. The molecule has 1 rings (SSSR count). The van der Waals surface area contributed by atoms with Crippen LogP contribution in [0.3, 0.4) is 0 Å². The van der Waals surface area contributed by atoms with Gasteiger partial charge in [-0.15, -0.1) is 0 Å². The summed E-state index contributed by atoms with van der Waals surface area (Å²) in [4.78, 5) is 11.5. The fourth-order valence-electron chi connectivity index (χ4n) is 2.37. The second kappa shape index (κ2) is 8.20. The fraction of sp³-hybridized carbons (Fsp3) is 0.588. The molecule has 0 saturated heterocycles. The van der Waals surface area contributed by atoms with E-state index >= 15 is 0 Å². The minimum atomic E-state index is -4.30. The summed E-state index contributed by atoms with van der Waals surface area (Å²) in [7, 11) is 0. The Balaban J connectivity index is 2.56. The van der Waals surface area contributed by atoms with Gasteiger partial charge in [-0.3, -0.25) is 4.79 Å². The van der Waals surface area contributed by atoms with Gasteiger partial charge in [0.15, 0.2) is 0 Å². The lowest BCUT2D eigenvalue weighted by atomic mass is 9.90. The summed E-state index contributed by atoms with van der Waals surface area (Å²) in [6.45, 7) is 5.60. The number of ether oxygens (including phenoxy) is 1. The zero-order valence-corrected chi connectivity index (χ0v) is 13.2. The van der Waals surface area contributed by atoms with E-state index in [0.717, 1.165) is 30.5 Å². The van der Waals surface area contributed by atoms with E-state index in [-0.39, 0.29) is 18.0 Å². The Morgan fingerprint density at radius 2 is 1.77 bits per heavy atom. The van der Waals surface area contributed by atoms with Gasteiger partial charge >= 0.3 is 12.1 Å². The first-order chi connectivity index (χ1) is 10.2. The molecule has 0 aliphatic carbocycles. The van der Waals surface area contributed by atoms with Crippen LogP contribution in [0.1, 0.15) is 63.5 Å². The third-order valence-electron chi connectivity index (χ3n) is 3.50. The molecule has 22 heavy (non-hydrogen) atoms. The molecule has 124 valence electrons. The summed E-state index contributed by atoms with van der Waals surface area (Å²) in [6, 6.07) is 5.29. The van der Waals surface area contributed by atoms with Gasteiger partial charge in [0.1, 0.15) is 0 Å². The highest BCUT2D eigenvalue weighted by molar-refractivity contribution is 5.69. The molecule has 1 aromatic rings. The largest absolute Gasteiger partial charge is 0.463 e. The summed E-state index contributed by atoms with van der Waals surface area (Å²) >= 11 is 0. The summed E-state index contributed by atoms with van der Waals surface area (Å²) in [5.74, 6) is -0.0635. The van der Waals surface area contributed by atoms with Crippen LogP contribution >= 0.6 is 0 Å². The van der Waals surface area contributed by atoms with Crippen LogP contribution in [-0.2, 0) is 15.7 Å². The molecule has 0 aromatic heterocycles. The fourth-order valence-corrected chi connectivity index (χ4v) is 2.37. The van der Waals surface area contributed by atoms with Crippen molar-refractivity contribution in [1.29, 1.82) is 0 Å². The molecule has 0 amide bonds. The lowest BCUT2D eigenvalue weighted by molar-refractivity contribution is -0.147. The minimum Gasteiger partial charge on any atom is -0.463 e. The van der Waals surface area contributed by atoms with Crippen LogP contribution in [0.4, 0.5) is 13.2 Å². The normalized spacial score (nSPS) is 13.2. The third-order valence-corrected chi connectivity index (χ3v) is 3.50. The molecule has 0 aliphatic rings. The molecule has 5 heteroatoms. The molecule has 0 heterocycles. The third kappa shape index (κ3) is 6.08. The SMILES string of the molecule is CCC(CCCC(=O)OC(C)C)c1ccc(C(F)(F)F)cc1. The average Bonchev–Trinajstić information content (AvgIpc) is 2.42. The maximum atomic E-state index is 12.5. The van der Waals surface area contributed by atoms with Crippen molar-refractivity contribution in [2.75, 3.05) is 0 Å². The second-order valence-corrected chi connectivity index (χ2v) is 5.66. The van der Waals surface area contributed by atoms with Gasteiger partial charge < -0.3 is 4.74 Å². The number of alkyl halides is 3. The standard InChI is InChI=1S/C17H23F3O2/c1-4-13(6-5-7-16(21)22-12(2)3)14-8-10-15(11-9-14)17(18,19)20/h8-13H,4-7H2,1-3H3. The zero-order valence-electron chi connectivity index (χ0n) is 13.2. The van der Waals surface area contributed by atoms with Crippen molar-refractivity contribution in [2.24, 2.45) is 0 Å². The number of hydrogen-bond acceptors (Lipinski definition) is 2. The van der Waals surface area contributed by atoms with E-state index in [0.29, 0.717) is 12.8 Å². The summed E-state index contributed by atoms with van der Waals surface area (Å²) in [6.07, 6.45) is -1.83. The summed E-state index contributed by atoms with van der Waals surface area (Å²) in [5, 5.41) is 0. The quantitative estimate of drug-likeness (QED) is 0.636. The second-order valence-electron chi connectivity index (χ2n) is 5.66. The molecular weight excluding hydrogens is 293 g/mol. The van der Waals surface area contributed by atoms with Crippen molar-refractivity contribution < 1.29 is 22.7 Å². The van der Waals surface area contributed by atoms with Crippen molar-refractivity contribution in [1.82, 2.24) is 0 Å². The Hall–Kier alpha value is -1.52. The summed E-state index contributed by atoms with van der Waals surface area (Å²) < 4.78 is 42.7. The van der Waals surface area contributed by atoms with Crippen molar-refractivity contribution in [3.8, 4) is 0 Å². The Kier molecular flexibility index (Phi) is 6.91. The van der Waals surface area contributed by atoms with Crippen LogP contribution in [0.25, 0.3) is 0 Å². The lowest BCUT2D eigenvalue weighted by Gasteiger charge is -2.16. The zero-order chi connectivity index (χ0) is 16.8. The van der Waals surface area contributed by atoms with Gasteiger partial charge in [-0.1, -0.05) is 19.1 Å². The highest BCUT2D eigenvalue weighted by Crippen LogP contribution is 2.32. The van der Waals surface area contributed by atoms with Crippen LogP contribution in [0.15, 0.2) is 24.3 Å². The number of hydrogen-bond donors (Lipinski definition) is 0. The molecule has 1 atom stereocenters. The first-order valence-electron chi connectivity index (χ1n) is 7.60. The molecular formula is C17H23F3O2. The van der Waals surface area contributed by atoms with E-state index in [1.165, 1.54) is 12.1 Å². The molecule has 0 bridgehead atoms. The smallest absolute Gasteiger partial charge is 0.416 e. The maximum absolute atomic E-state index is 12.5. The van der Waals surface area contributed by atoms with Crippen molar-refractivity contribution in [3.63, 3.8) is 0 Å². The lowest BCUT2D eigenvalue weighted by Crippen LogP contribution is -2.11. The highest BCUT2D eigenvalue weighted by Gasteiger charge is 2.30. The first-order valence-corrected chi connectivity index (χ1v) is 7.60. The average molecular weight is 316 g/mol. The first kappa shape index (κ1) is 18.5. The van der Waals surface area contributed by atoms with Gasteiger partial charge in [0.25, 0.3) is 0 Å². The molecule has 1 aromatic carbocycles. The van der Waals surface area contributed by atoms with Gasteiger partial charge in [-0.2, -0.15) is 13.2 Å². The van der Waals surface area contributed by atoms with Gasteiger partial charge in [0.05, 0.1) is 11.7 Å². The predicted molar refractivity (Wildman–Crippen MR) is 79.6 cm³/mol. The van der Waals surface area contributed by atoms with E-state index in [1.807, 2.05) is 6.92 Å². The number of esters is 1. The number of carbonyl (C=O) groups excluding carboxylic acids is 1. The Morgan fingerprint density at radius 1 is 1.18 bits per heavy atom. The molecule has 2 nitrogen and oxygen atoms in total. The van der Waals surface area contributed by atoms with E-state index in [1.54, 1.807) is 13.8 Å². The van der Waals surface area contributed by atoms with Gasteiger partial charge in [-0.05, 0) is 56.7 Å². The molecule has 0 radical (unpaired) electrons. The monoisotopic (exact) mass is 316 g/mol. The topological polar surface area (TPSA) is 26.3 Å². The molecule has 0 fully saturated rings. The summed E-state index contributed by atoms with van der Waals surface area (Å²) in [5.41, 5.74) is 0.249. The minimum absolute atomic E-state index is 0.121. The van der Waals surface area contributed by atoms with E-state index in [9.17, 15) is 18.0 Å². The predicted octanol–water partition coefficient (Wildman–Crippen LogP) is 5.32. The maximum Gasteiger partial charge on any atom is 0.416 e. The Bertz CT molecular complexity index is 464. The number of benzene rings is 1. The molecule has 0 aliphatic heterocycles. The Labute approximate surface area is 129 Å². The van der Waals surface area contributed by atoms with E-state index in [4.69, 9.17) is 4.74 Å². The van der Waals surface area contributed by atoms with Gasteiger partial charge in [0.2, 0.25) is 0 Å². The van der Waals surface area contributed by atoms with Crippen LogP contribution in [0, 0.1) is 0 Å². The highest BCUT2D eigenvalue weighted by atomic mass is 19.4. The van der Waals surface area contributed by atoms with E-state index in [2.05, 4.69) is 0 Å². The van der Waals surface area contributed by atoms with Crippen LogP contribution in [0.2, 0.25) is 0 Å². The van der Waals surface area contributed by atoms with E-state index < -0.39 is 11.7 Å². The molecule has 1 unspecified atom stereocenters. The molecule has 0 saturated carbocycles. The number of rotatable bonds is 7. The Morgan fingerprint density at radius 3 is 2.23 bits per heavy atom. The van der Waals surface area contributed by atoms with Gasteiger partial charge in [0, 0.05) is 6.42 Å². The van der Waals surface area contributed by atoms with Crippen molar-refractivity contribution >= 4 is 5.97 Å². The van der Waals surface area contributed by atoms with Crippen molar-refractivity contribution in [2.45, 2.75) is 64.7 Å². The molecule has 0 spiro atoms. The van der Waals surface area contributed by atoms with Crippen LogP contribution < -0.4 is 0 Å². The van der Waals surface area contributed by atoms with Crippen molar-refractivity contribution in [3.05, 3.63) is 35.4 Å².